The fraction of sp³-hybridized carbons (Fsp3) is 0.125. The van der Waals surface area contributed by atoms with Crippen LogP contribution in [0.1, 0.15) is 5.56 Å². The summed E-state index contributed by atoms with van der Waals surface area (Å²) in [6, 6.07) is 12.1. The van der Waals surface area contributed by atoms with E-state index in [0.29, 0.717) is 6.42 Å². The van der Waals surface area contributed by atoms with Crippen LogP contribution in [0.3, 0.4) is 0 Å². The Hall–Kier alpha value is -1.31. The van der Waals surface area contributed by atoms with E-state index >= 15 is 0 Å². The van der Waals surface area contributed by atoms with E-state index in [0.717, 1.165) is 5.56 Å². The number of benzene rings is 1. The van der Waals surface area contributed by atoms with Crippen LogP contribution in [0.25, 0.3) is 4.76 Å². The Balaban J connectivity index is 2.51. The van der Waals surface area contributed by atoms with Crippen LogP contribution >= 0.6 is 0 Å². The van der Waals surface area contributed by atoms with Gasteiger partial charge in [-0.1, -0.05) is 30.3 Å². The molecule has 0 aliphatic rings. The van der Waals surface area contributed by atoms with Crippen LogP contribution in [0.2, 0.25) is 0 Å². The molecule has 0 amide bonds. The highest BCUT2D eigenvalue weighted by Gasteiger charge is 2.23. The number of hydrogen-bond donors (Lipinski definition) is 2. The average Bonchev–Trinajstić information content (AvgIpc) is 2.05. The van der Waals surface area contributed by atoms with Crippen LogP contribution in [0.5, 0.6) is 0 Å². The third-order valence-corrected chi connectivity index (χ3v) is 1.33. The van der Waals surface area contributed by atoms with Gasteiger partial charge in [0.05, 0.1) is 0 Å². The van der Waals surface area contributed by atoms with E-state index in [2.05, 4.69) is 10.8 Å². The van der Waals surface area contributed by atoms with Crippen LogP contribution in [-0.4, -0.2) is 17.3 Å². The van der Waals surface area contributed by atoms with E-state index in [-0.39, 0.29) is 0 Å². The second-order valence-electron chi connectivity index (χ2n) is 2.30. The van der Waals surface area contributed by atoms with Crippen LogP contribution < -0.4 is 0 Å². The van der Waals surface area contributed by atoms with Gasteiger partial charge < -0.3 is 10.0 Å². The summed E-state index contributed by atoms with van der Waals surface area (Å²) in [5.41, 5.74) is 1.04. The molecule has 1 aromatic carbocycles. The van der Waals surface area contributed by atoms with Crippen molar-refractivity contribution in [2.24, 2.45) is 0 Å². The second kappa shape index (κ2) is 4.55. The van der Waals surface area contributed by atoms with Crippen molar-refractivity contribution < 1.29 is 10.0 Å². The Bertz CT molecular complexity index is 289. The minimum atomic E-state index is -1.64. The highest BCUT2D eigenvalue weighted by atomic mass is 16.4. The molecule has 4 heteroatoms. The molecular weight excluding hydrogens is 153 g/mol. The maximum atomic E-state index is 8.36. The zero-order valence-electron chi connectivity index (χ0n) is 6.51. The Morgan fingerprint density at radius 2 is 1.92 bits per heavy atom. The van der Waals surface area contributed by atoms with Crippen molar-refractivity contribution in [3.8, 4) is 6.07 Å². The van der Waals surface area contributed by atoms with Gasteiger partial charge >= 0.3 is 7.25 Å². The summed E-state index contributed by atoms with van der Waals surface area (Å²) < 4.78 is 3.28. The summed E-state index contributed by atoms with van der Waals surface area (Å²) in [4.78, 5) is 0. The Morgan fingerprint density at radius 1 is 1.25 bits per heavy atom. The molecule has 60 valence electrons. The molecule has 0 heterocycles. The smallest absolute Gasteiger partial charge is 0.346 e. The summed E-state index contributed by atoms with van der Waals surface area (Å²) in [6.07, 6.45) is 0.498. The number of nitrogens with zero attached hydrogens (tertiary/aromatic N) is 1. The molecule has 2 N–H and O–H groups in total. The van der Waals surface area contributed by atoms with Crippen molar-refractivity contribution in [2.75, 3.05) is 0 Å². The maximum absolute atomic E-state index is 8.36. The van der Waals surface area contributed by atoms with Crippen LogP contribution in [0.4, 0.5) is 0 Å². The quantitative estimate of drug-likeness (QED) is 0.591. The molecule has 0 bridgehead atoms. The zero-order chi connectivity index (χ0) is 8.81. The zero-order valence-corrected chi connectivity index (χ0v) is 6.51. The number of hydrogen-bond acceptors (Lipinski definition) is 2. The average molecular weight is 162 g/mol. The highest BCUT2D eigenvalue weighted by Crippen LogP contribution is 1.97. The molecule has 0 aromatic heterocycles. The SMILES string of the molecule is OB(O)[N+]#CCc1ccccc1. The third kappa shape index (κ3) is 3.19. The van der Waals surface area contributed by atoms with E-state index in [1.54, 1.807) is 0 Å². The Labute approximate surface area is 71.3 Å². The Kier molecular flexibility index (Phi) is 3.33. The van der Waals surface area contributed by atoms with Crippen LogP contribution in [0, 0.1) is 6.07 Å². The highest BCUT2D eigenvalue weighted by molar-refractivity contribution is 6.45. The van der Waals surface area contributed by atoms with Gasteiger partial charge in [-0.05, 0) is 5.56 Å². The minimum Gasteiger partial charge on any atom is -0.346 e. The van der Waals surface area contributed by atoms with Gasteiger partial charge in [-0.15, -0.1) is 4.76 Å². The van der Waals surface area contributed by atoms with E-state index < -0.39 is 7.25 Å². The normalized spacial score (nSPS) is 8.50. The van der Waals surface area contributed by atoms with Gasteiger partial charge in [0.25, 0.3) is 0 Å². The monoisotopic (exact) mass is 162 g/mol. The van der Waals surface area contributed by atoms with Gasteiger partial charge in [-0.3, -0.25) is 0 Å². The molecule has 0 saturated heterocycles. The summed E-state index contributed by atoms with van der Waals surface area (Å²) in [7, 11) is -1.64. The van der Waals surface area contributed by atoms with Crippen molar-refractivity contribution >= 4 is 7.25 Å². The molecule has 0 aliphatic heterocycles. The summed E-state index contributed by atoms with van der Waals surface area (Å²) in [5.74, 6) is 0. The van der Waals surface area contributed by atoms with E-state index in [1.807, 2.05) is 30.3 Å². The molecule has 1 aromatic rings. The van der Waals surface area contributed by atoms with Crippen molar-refractivity contribution in [1.29, 1.82) is 0 Å². The predicted octanol–water partition coefficient (Wildman–Crippen LogP) is 0.531. The molecule has 0 fully saturated rings. The topological polar surface area (TPSA) is 44.8 Å². The molecule has 0 saturated carbocycles. The van der Waals surface area contributed by atoms with Crippen LogP contribution in [-0.2, 0) is 6.42 Å². The lowest BCUT2D eigenvalue weighted by Crippen LogP contribution is -2.02. The van der Waals surface area contributed by atoms with E-state index in [9.17, 15) is 0 Å². The van der Waals surface area contributed by atoms with Crippen LogP contribution in [0.15, 0.2) is 30.3 Å². The first kappa shape index (κ1) is 8.79. The molecule has 0 unspecified atom stereocenters. The van der Waals surface area contributed by atoms with Gasteiger partial charge in [-0.25, -0.2) is 0 Å². The number of rotatable bonds is 1. The van der Waals surface area contributed by atoms with Crippen molar-refractivity contribution in [3.05, 3.63) is 40.7 Å². The van der Waals surface area contributed by atoms with Gasteiger partial charge in [0.1, 0.15) is 6.42 Å². The molecule has 0 aliphatic carbocycles. The lowest BCUT2D eigenvalue weighted by molar-refractivity contribution is 0.423. The molecule has 3 nitrogen and oxygen atoms in total. The summed E-state index contributed by atoms with van der Waals surface area (Å²) in [5, 5.41) is 16.7. The van der Waals surface area contributed by atoms with Crippen molar-refractivity contribution in [1.82, 2.24) is 0 Å². The van der Waals surface area contributed by atoms with Crippen molar-refractivity contribution in [3.63, 3.8) is 0 Å². The van der Waals surface area contributed by atoms with Gasteiger partial charge in [0.2, 0.25) is 6.07 Å². The molecule has 1 rings (SSSR count). The summed E-state index contributed by atoms with van der Waals surface area (Å²) in [6.45, 7) is 0. The minimum absolute atomic E-state index is 0.498. The molecule has 12 heavy (non-hydrogen) atoms. The first-order valence-electron chi connectivity index (χ1n) is 3.62. The largest absolute Gasteiger partial charge is 0.979 e. The van der Waals surface area contributed by atoms with Gasteiger partial charge in [-0.2, -0.15) is 0 Å². The third-order valence-electron chi connectivity index (χ3n) is 1.33. The standard InChI is InChI=1S/C8H9BNO2/c11-9(12)10-7-6-8-4-2-1-3-5-8/h1-5,11-12H,6H2/q+1. The predicted molar refractivity (Wildman–Crippen MR) is 47.6 cm³/mol. The van der Waals surface area contributed by atoms with Crippen molar-refractivity contribution in [2.45, 2.75) is 6.42 Å². The fourth-order valence-electron chi connectivity index (χ4n) is 0.814. The molecule has 0 radical (unpaired) electrons. The first-order valence-corrected chi connectivity index (χ1v) is 3.62. The molecular formula is C8H9BNO2+. The second-order valence-corrected chi connectivity index (χ2v) is 2.30. The molecule has 0 spiro atoms. The Morgan fingerprint density at radius 3 is 2.50 bits per heavy atom. The fourth-order valence-corrected chi connectivity index (χ4v) is 0.814. The van der Waals surface area contributed by atoms with E-state index in [1.165, 1.54) is 0 Å². The summed E-state index contributed by atoms with van der Waals surface area (Å²) >= 11 is 0. The maximum Gasteiger partial charge on any atom is 0.979 e. The van der Waals surface area contributed by atoms with E-state index in [4.69, 9.17) is 10.0 Å². The van der Waals surface area contributed by atoms with Gasteiger partial charge in [0.15, 0.2) is 0 Å². The lowest BCUT2D eigenvalue weighted by atomic mass is 10.1. The first-order chi connectivity index (χ1) is 5.79. The lowest BCUT2D eigenvalue weighted by Gasteiger charge is -1.86. The van der Waals surface area contributed by atoms with Gasteiger partial charge in [0, 0.05) is 0 Å². The molecule has 0 atom stereocenters.